The molecule has 1 aromatic rings. The monoisotopic (exact) mass is 320 g/mol. The zero-order chi connectivity index (χ0) is 14.3. The lowest BCUT2D eigenvalue weighted by molar-refractivity contribution is -0.121. The Bertz CT molecular complexity index is 654. The summed E-state index contributed by atoms with van der Waals surface area (Å²) in [7, 11) is 1.72. The third-order valence-electron chi connectivity index (χ3n) is 3.08. The maximum Gasteiger partial charge on any atom is 0.268 e. The summed E-state index contributed by atoms with van der Waals surface area (Å²) < 4.78 is 0.604. The number of amides is 1. The molecule has 2 aliphatic rings. The van der Waals surface area contributed by atoms with Gasteiger partial charge < -0.3 is 4.90 Å². The van der Waals surface area contributed by atoms with Crippen molar-refractivity contribution >= 4 is 51.7 Å². The lowest BCUT2D eigenvalue weighted by atomic mass is 10.3. The molecule has 3 nitrogen and oxygen atoms in total. The first-order chi connectivity index (χ1) is 9.63. The maximum atomic E-state index is 12.3. The number of hydrogen-bond donors (Lipinski definition) is 0. The van der Waals surface area contributed by atoms with Crippen molar-refractivity contribution < 1.29 is 4.79 Å². The number of rotatable bonds is 2. The maximum absolute atomic E-state index is 12.3. The summed E-state index contributed by atoms with van der Waals surface area (Å²) in [5.74, 6) is -0.0237. The Labute approximate surface area is 131 Å². The zero-order valence-corrected chi connectivity index (χ0v) is 13.3. The van der Waals surface area contributed by atoms with Gasteiger partial charge in [0.05, 0.1) is 5.69 Å². The van der Waals surface area contributed by atoms with E-state index in [2.05, 4.69) is 23.6 Å². The van der Waals surface area contributed by atoms with Gasteiger partial charge in [0.25, 0.3) is 5.91 Å². The quantitative estimate of drug-likeness (QED) is 0.472. The van der Waals surface area contributed by atoms with Gasteiger partial charge in [-0.1, -0.05) is 54.0 Å². The van der Waals surface area contributed by atoms with Crippen LogP contribution < -0.4 is 4.90 Å². The molecule has 1 saturated heterocycles. The number of fused-ring (bicyclic) bond motifs is 1. The molecule has 2 aliphatic heterocycles. The molecular formula is C14H12N2OS3. The van der Waals surface area contributed by atoms with Gasteiger partial charge in [-0.3, -0.25) is 9.69 Å². The minimum absolute atomic E-state index is 0.0237. The normalized spacial score (nSPS) is 21.6. The average molecular weight is 320 g/mol. The molecule has 2 heterocycles. The number of thioether (sulfide) groups is 2. The molecule has 0 aliphatic carbocycles. The van der Waals surface area contributed by atoms with Gasteiger partial charge in [0.15, 0.2) is 0 Å². The van der Waals surface area contributed by atoms with Crippen molar-refractivity contribution in [2.75, 3.05) is 18.5 Å². The van der Waals surface area contributed by atoms with Crippen LogP contribution in [0.15, 0.2) is 51.8 Å². The summed E-state index contributed by atoms with van der Waals surface area (Å²) in [5.41, 5.74) is 1.12. The minimum atomic E-state index is -0.0237. The molecule has 0 unspecified atom stereocenters. The van der Waals surface area contributed by atoms with Crippen LogP contribution in [-0.4, -0.2) is 28.7 Å². The van der Waals surface area contributed by atoms with Crippen LogP contribution in [0.1, 0.15) is 0 Å². The molecular weight excluding hydrogens is 308 g/mol. The summed E-state index contributed by atoms with van der Waals surface area (Å²) in [5, 5.41) is 0.952. The Morgan fingerprint density at radius 2 is 2.10 bits per heavy atom. The van der Waals surface area contributed by atoms with Crippen molar-refractivity contribution in [1.29, 1.82) is 0 Å². The first-order valence-electron chi connectivity index (χ1n) is 6.03. The molecule has 6 heteroatoms. The van der Waals surface area contributed by atoms with Gasteiger partial charge in [0.2, 0.25) is 0 Å². The van der Waals surface area contributed by atoms with E-state index in [1.165, 1.54) is 16.7 Å². The number of likely N-dealkylation sites (N-methyl/N-ethyl adjacent to an activating group) is 1. The minimum Gasteiger partial charge on any atom is -0.330 e. The molecule has 1 amide bonds. The third kappa shape index (κ3) is 2.08. The Kier molecular flexibility index (Phi) is 3.62. The standard InChI is InChI=1S/C14H12N2OS3/c1-3-8-16-9-6-4-5-7-10(9)19-13(16)11-12(17)15(2)14(18)20-11/h3-7H,1,8H2,2H3. The molecule has 0 saturated carbocycles. The van der Waals surface area contributed by atoms with Gasteiger partial charge in [-0.25, -0.2) is 0 Å². The highest BCUT2D eigenvalue weighted by atomic mass is 32.2. The lowest BCUT2D eigenvalue weighted by Crippen LogP contribution is -2.24. The molecule has 0 N–H and O–H groups in total. The van der Waals surface area contributed by atoms with Gasteiger partial charge in [-0.2, -0.15) is 0 Å². The van der Waals surface area contributed by atoms with E-state index < -0.39 is 0 Å². The van der Waals surface area contributed by atoms with Crippen LogP contribution >= 0.6 is 35.7 Å². The summed E-state index contributed by atoms with van der Waals surface area (Å²) in [4.78, 5) is 17.8. The average Bonchev–Trinajstić information content (AvgIpc) is 2.93. The van der Waals surface area contributed by atoms with E-state index in [1.807, 2.05) is 18.2 Å². The molecule has 20 heavy (non-hydrogen) atoms. The molecule has 1 aromatic carbocycles. The number of carbonyl (C=O) groups is 1. The number of nitrogens with zero attached hydrogens (tertiary/aromatic N) is 2. The number of benzene rings is 1. The molecule has 0 bridgehead atoms. The highest BCUT2D eigenvalue weighted by molar-refractivity contribution is 8.27. The van der Waals surface area contributed by atoms with Crippen molar-refractivity contribution in [2.24, 2.45) is 0 Å². The second-order valence-corrected chi connectivity index (χ2v) is 7.01. The van der Waals surface area contributed by atoms with E-state index in [0.29, 0.717) is 15.8 Å². The molecule has 102 valence electrons. The van der Waals surface area contributed by atoms with Gasteiger partial charge in [0, 0.05) is 18.5 Å². The predicted molar refractivity (Wildman–Crippen MR) is 89.8 cm³/mol. The zero-order valence-electron chi connectivity index (χ0n) is 10.8. The Balaban J connectivity index is 2.09. The van der Waals surface area contributed by atoms with Crippen LogP contribution in [-0.2, 0) is 4.79 Å². The van der Waals surface area contributed by atoms with Crippen molar-refractivity contribution in [3.8, 4) is 0 Å². The molecule has 0 atom stereocenters. The number of thiocarbonyl (C=S) groups is 1. The Morgan fingerprint density at radius 3 is 2.75 bits per heavy atom. The molecule has 0 aromatic heterocycles. The van der Waals surface area contributed by atoms with E-state index in [4.69, 9.17) is 12.2 Å². The summed E-state index contributed by atoms with van der Waals surface area (Å²) in [6, 6.07) is 8.14. The van der Waals surface area contributed by atoms with Crippen LogP contribution in [0.4, 0.5) is 5.69 Å². The topological polar surface area (TPSA) is 23.6 Å². The second-order valence-electron chi connectivity index (χ2n) is 4.34. The fourth-order valence-corrected chi connectivity index (χ4v) is 4.58. The number of para-hydroxylation sites is 1. The Morgan fingerprint density at radius 1 is 1.35 bits per heavy atom. The van der Waals surface area contributed by atoms with Crippen molar-refractivity contribution in [1.82, 2.24) is 4.90 Å². The van der Waals surface area contributed by atoms with E-state index in [9.17, 15) is 4.79 Å². The third-order valence-corrected chi connectivity index (χ3v) is 5.93. The van der Waals surface area contributed by atoms with Gasteiger partial charge in [-0.15, -0.1) is 6.58 Å². The lowest BCUT2D eigenvalue weighted by Gasteiger charge is -2.19. The van der Waals surface area contributed by atoms with Gasteiger partial charge in [-0.05, 0) is 12.1 Å². The molecule has 0 spiro atoms. The summed E-state index contributed by atoms with van der Waals surface area (Å²) >= 11 is 8.20. The summed E-state index contributed by atoms with van der Waals surface area (Å²) in [6.45, 7) is 4.48. The first-order valence-corrected chi connectivity index (χ1v) is 8.07. The fraction of sp³-hybridized carbons (Fsp3) is 0.143. The largest absolute Gasteiger partial charge is 0.330 e. The van der Waals surface area contributed by atoms with Gasteiger partial charge in [0.1, 0.15) is 14.3 Å². The van der Waals surface area contributed by atoms with Crippen LogP contribution in [0.25, 0.3) is 0 Å². The summed E-state index contributed by atoms with van der Waals surface area (Å²) in [6.07, 6.45) is 1.84. The fourth-order valence-electron chi connectivity index (χ4n) is 2.08. The first kappa shape index (κ1) is 13.7. The number of anilines is 1. The van der Waals surface area contributed by atoms with Crippen molar-refractivity contribution in [3.05, 3.63) is 46.9 Å². The SMILES string of the molecule is C=CCN1C(=C2SC(=S)N(C)C2=O)Sc2ccccc21. The smallest absolute Gasteiger partial charge is 0.268 e. The molecule has 3 rings (SSSR count). The highest BCUT2D eigenvalue weighted by Gasteiger charge is 2.36. The van der Waals surface area contributed by atoms with E-state index in [1.54, 1.807) is 18.8 Å². The molecule has 1 fully saturated rings. The number of carbonyl (C=O) groups excluding carboxylic acids is 1. The number of hydrogen-bond acceptors (Lipinski definition) is 5. The molecule has 0 radical (unpaired) electrons. The van der Waals surface area contributed by atoms with Crippen molar-refractivity contribution in [3.63, 3.8) is 0 Å². The van der Waals surface area contributed by atoms with E-state index in [-0.39, 0.29) is 5.91 Å². The van der Waals surface area contributed by atoms with Crippen molar-refractivity contribution in [2.45, 2.75) is 4.90 Å². The van der Waals surface area contributed by atoms with E-state index >= 15 is 0 Å². The van der Waals surface area contributed by atoms with Crippen LogP contribution in [0, 0.1) is 0 Å². The second kappa shape index (κ2) is 5.27. The predicted octanol–water partition coefficient (Wildman–Crippen LogP) is 3.44. The van der Waals surface area contributed by atoms with Crippen LogP contribution in [0.2, 0.25) is 0 Å². The highest BCUT2D eigenvalue weighted by Crippen LogP contribution is 2.50. The van der Waals surface area contributed by atoms with Gasteiger partial charge >= 0.3 is 0 Å². The van der Waals surface area contributed by atoms with E-state index in [0.717, 1.165) is 15.6 Å². The van der Waals surface area contributed by atoms with Crippen LogP contribution in [0.5, 0.6) is 0 Å². The van der Waals surface area contributed by atoms with Crippen LogP contribution in [0.3, 0.4) is 0 Å². The Hall–Kier alpha value is -1.24.